The van der Waals surface area contributed by atoms with Gasteiger partial charge in [-0.05, 0) is 43.5 Å². The Morgan fingerprint density at radius 1 is 1.11 bits per heavy atom. The molecule has 1 atom stereocenters. The first-order valence-corrected chi connectivity index (χ1v) is 9.94. The Labute approximate surface area is 168 Å². The van der Waals surface area contributed by atoms with Gasteiger partial charge in [0.15, 0.2) is 5.43 Å². The molecule has 3 aromatic rings. The molecule has 0 spiro atoms. The van der Waals surface area contributed by atoms with E-state index in [1.165, 1.54) is 0 Å². The van der Waals surface area contributed by atoms with E-state index in [2.05, 4.69) is 6.92 Å². The number of nitrogens with zero attached hydrogens (tertiary/aromatic N) is 1. The lowest BCUT2D eigenvalue weighted by atomic mass is 9.97. The van der Waals surface area contributed by atoms with Crippen LogP contribution in [0, 0.1) is 13.8 Å². The van der Waals surface area contributed by atoms with E-state index in [0.717, 1.165) is 29.5 Å². The lowest BCUT2D eigenvalue weighted by Gasteiger charge is -2.25. The van der Waals surface area contributed by atoms with E-state index in [1.54, 1.807) is 17.0 Å². The van der Waals surface area contributed by atoms with Gasteiger partial charge in [0.2, 0.25) is 5.76 Å². The first kappa shape index (κ1) is 18.8. The monoisotopic (exact) mass is 395 g/mol. The van der Waals surface area contributed by atoms with Gasteiger partial charge in [-0.1, -0.05) is 54.8 Å². The summed E-state index contributed by atoms with van der Waals surface area (Å²) in [5.74, 6) is -0.0680. The van der Waals surface area contributed by atoms with Crippen molar-refractivity contribution in [1.82, 2.24) is 4.90 Å². The maximum Gasteiger partial charge on any atom is 0.290 e. The fourth-order valence-electron chi connectivity index (χ4n) is 3.80. The summed E-state index contributed by atoms with van der Waals surface area (Å²) in [6.07, 6.45) is 1.82. The van der Waals surface area contributed by atoms with Crippen LogP contribution in [-0.2, 0) is 0 Å². The molecule has 0 N–H and O–H groups in total. The molecule has 1 amide bonds. The van der Waals surface area contributed by atoms with E-state index in [4.69, 9.17) is 16.0 Å². The number of aryl methyl sites for hydroxylation is 2. The van der Waals surface area contributed by atoms with Crippen LogP contribution in [0.4, 0.5) is 0 Å². The highest BCUT2D eigenvalue weighted by Gasteiger charge is 2.42. The molecule has 28 heavy (non-hydrogen) atoms. The quantitative estimate of drug-likeness (QED) is 0.593. The average molecular weight is 396 g/mol. The first-order valence-electron chi connectivity index (χ1n) is 9.56. The topological polar surface area (TPSA) is 50.5 Å². The van der Waals surface area contributed by atoms with Crippen LogP contribution in [0.3, 0.4) is 0 Å². The number of hydrogen-bond donors (Lipinski definition) is 0. The van der Waals surface area contributed by atoms with Crippen molar-refractivity contribution in [1.29, 1.82) is 0 Å². The van der Waals surface area contributed by atoms with Crippen molar-refractivity contribution in [2.24, 2.45) is 0 Å². The van der Waals surface area contributed by atoms with Gasteiger partial charge < -0.3 is 9.32 Å². The highest BCUT2D eigenvalue weighted by Crippen LogP contribution is 2.38. The Hall–Kier alpha value is -2.59. The van der Waals surface area contributed by atoms with Crippen LogP contribution >= 0.6 is 11.6 Å². The number of fused-ring (bicyclic) bond motifs is 2. The van der Waals surface area contributed by atoms with Crippen LogP contribution < -0.4 is 5.43 Å². The maximum atomic E-state index is 13.4. The second-order valence-corrected chi connectivity index (χ2v) is 7.84. The van der Waals surface area contributed by atoms with Gasteiger partial charge in [-0.25, -0.2) is 0 Å². The summed E-state index contributed by atoms with van der Waals surface area (Å²) in [7, 11) is 0. The fraction of sp³-hybridized carbons (Fsp3) is 0.304. The minimum Gasteiger partial charge on any atom is -0.450 e. The number of unbranched alkanes of at least 4 members (excludes halogenated alkanes) is 1. The fourth-order valence-corrected chi connectivity index (χ4v) is 3.96. The predicted octanol–water partition coefficient (Wildman–Crippen LogP) is 5.41. The van der Waals surface area contributed by atoms with Crippen LogP contribution in [0.15, 0.2) is 45.6 Å². The molecule has 4 rings (SSSR count). The van der Waals surface area contributed by atoms with Gasteiger partial charge >= 0.3 is 0 Å². The predicted molar refractivity (Wildman–Crippen MR) is 111 cm³/mol. The number of halogens is 1. The molecular weight excluding hydrogens is 374 g/mol. The molecule has 0 bridgehead atoms. The summed E-state index contributed by atoms with van der Waals surface area (Å²) in [6, 6.07) is 10.9. The second kappa shape index (κ2) is 7.10. The summed E-state index contributed by atoms with van der Waals surface area (Å²) in [4.78, 5) is 28.3. The van der Waals surface area contributed by atoms with E-state index in [0.29, 0.717) is 28.1 Å². The van der Waals surface area contributed by atoms with Crippen LogP contribution in [0.5, 0.6) is 0 Å². The molecule has 2 heterocycles. The third-order valence-corrected chi connectivity index (χ3v) is 5.80. The normalized spacial score (nSPS) is 16.1. The molecular formula is C23H22ClNO3. The molecule has 0 saturated carbocycles. The summed E-state index contributed by atoms with van der Waals surface area (Å²) in [5.41, 5.74) is 3.48. The molecule has 144 valence electrons. The third kappa shape index (κ3) is 2.92. The van der Waals surface area contributed by atoms with Crippen LogP contribution in [-0.4, -0.2) is 17.4 Å². The van der Waals surface area contributed by atoms with Crippen LogP contribution in [0.2, 0.25) is 5.02 Å². The van der Waals surface area contributed by atoms with Gasteiger partial charge in [-0.2, -0.15) is 0 Å². The number of amides is 1. The van der Waals surface area contributed by atoms with Gasteiger partial charge in [0.05, 0.1) is 17.0 Å². The van der Waals surface area contributed by atoms with Crippen molar-refractivity contribution in [3.63, 3.8) is 0 Å². The molecule has 1 aliphatic heterocycles. The molecule has 1 aromatic heterocycles. The largest absolute Gasteiger partial charge is 0.450 e. The number of carbonyl (C=O) groups excluding carboxylic acids is 1. The number of rotatable bonds is 4. The molecule has 1 unspecified atom stereocenters. The van der Waals surface area contributed by atoms with Gasteiger partial charge in [-0.3, -0.25) is 9.59 Å². The molecule has 4 nitrogen and oxygen atoms in total. The number of benzene rings is 2. The minimum atomic E-state index is -0.435. The lowest BCUT2D eigenvalue weighted by Crippen LogP contribution is -2.30. The average Bonchev–Trinajstić information content (AvgIpc) is 2.95. The highest BCUT2D eigenvalue weighted by molar-refractivity contribution is 6.32. The number of hydrogen-bond acceptors (Lipinski definition) is 3. The van der Waals surface area contributed by atoms with Crippen LogP contribution in [0.1, 0.15) is 58.6 Å². The van der Waals surface area contributed by atoms with Crippen molar-refractivity contribution in [3.8, 4) is 0 Å². The van der Waals surface area contributed by atoms with E-state index in [9.17, 15) is 9.59 Å². The summed E-state index contributed by atoms with van der Waals surface area (Å²) >= 11 is 6.25. The second-order valence-electron chi connectivity index (χ2n) is 7.44. The molecule has 5 heteroatoms. The summed E-state index contributed by atoms with van der Waals surface area (Å²) in [5, 5.41) is 0.926. The zero-order valence-corrected chi connectivity index (χ0v) is 17.0. The minimum absolute atomic E-state index is 0.154. The first-order chi connectivity index (χ1) is 13.4. The van der Waals surface area contributed by atoms with E-state index in [1.807, 2.05) is 38.1 Å². The molecule has 1 aliphatic rings. The zero-order valence-electron chi connectivity index (χ0n) is 16.2. The Balaban J connectivity index is 1.98. The molecule has 0 aliphatic carbocycles. The van der Waals surface area contributed by atoms with Gasteiger partial charge in [-0.15, -0.1) is 0 Å². The Morgan fingerprint density at radius 2 is 1.82 bits per heavy atom. The smallest absolute Gasteiger partial charge is 0.290 e. The van der Waals surface area contributed by atoms with Crippen molar-refractivity contribution in [3.05, 3.63) is 79.7 Å². The van der Waals surface area contributed by atoms with Crippen molar-refractivity contribution in [2.45, 2.75) is 39.7 Å². The van der Waals surface area contributed by atoms with Crippen molar-refractivity contribution < 1.29 is 9.21 Å². The van der Waals surface area contributed by atoms with Gasteiger partial charge in [0.1, 0.15) is 5.58 Å². The van der Waals surface area contributed by atoms with E-state index >= 15 is 0 Å². The molecule has 0 radical (unpaired) electrons. The number of carbonyl (C=O) groups is 1. The molecule has 0 fully saturated rings. The summed E-state index contributed by atoms with van der Waals surface area (Å²) in [6.45, 7) is 6.52. The van der Waals surface area contributed by atoms with Crippen LogP contribution in [0.25, 0.3) is 11.0 Å². The summed E-state index contributed by atoms with van der Waals surface area (Å²) < 4.78 is 5.97. The molecule has 0 saturated heterocycles. The Morgan fingerprint density at radius 3 is 2.50 bits per heavy atom. The SMILES string of the molecule is CCCCN1C(=O)c2oc3cc(C)c(Cl)cc3c(=O)c2C1c1ccc(C)cc1. The lowest BCUT2D eigenvalue weighted by molar-refractivity contribution is 0.0725. The molecule has 2 aromatic carbocycles. The van der Waals surface area contributed by atoms with Gasteiger partial charge in [0.25, 0.3) is 5.91 Å². The van der Waals surface area contributed by atoms with E-state index in [-0.39, 0.29) is 17.1 Å². The van der Waals surface area contributed by atoms with Crippen molar-refractivity contribution >= 4 is 28.5 Å². The highest BCUT2D eigenvalue weighted by atomic mass is 35.5. The van der Waals surface area contributed by atoms with Gasteiger partial charge in [0, 0.05) is 11.6 Å². The third-order valence-electron chi connectivity index (χ3n) is 5.39. The Bertz CT molecular complexity index is 1130. The standard InChI is InChI=1S/C23H22ClNO3/c1-4-5-10-25-20(15-8-6-13(2)7-9-15)19-21(26)16-12-17(24)14(3)11-18(16)28-22(19)23(25)27/h6-9,11-12,20H,4-5,10H2,1-3H3. The maximum absolute atomic E-state index is 13.4. The Kier molecular flexibility index (Phi) is 4.76. The van der Waals surface area contributed by atoms with Crippen molar-refractivity contribution in [2.75, 3.05) is 6.54 Å². The van der Waals surface area contributed by atoms with E-state index < -0.39 is 6.04 Å². The zero-order chi connectivity index (χ0) is 20.0.